The van der Waals surface area contributed by atoms with Gasteiger partial charge in [-0.1, -0.05) is 86.5 Å². The molecule has 0 atom stereocenters. The Balaban J connectivity index is 2.53. The lowest BCUT2D eigenvalue weighted by Gasteiger charge is -2.17. The fourth-order valence-corrected chi connectivity index (χ4v) is 2.23. The molecule has 0 saturated carbocycles. The van der Waals surface area contributed by atoms with Crippen molar-refractivity contribution >= 4 is 5.57 Å². The fourth-order valence-electron chi connectivity index (χ4n) is 2.23. The highest BCUT2D eigenvalue weighted by Crippen LogP contribution is 2.29. The quantitative estimate of drug-likeness (QED) is 0.645. The molecule has 0 unspecified atom stereocenters. The minimum atomic E-state index is 0.158. The van der Waals surface area contributed by atoms with E-state index in [1.807, 2.05) is 0 Å². The molecule has 2 rings (SSSR count). The minimum Gasteiger partial charge on any atom is -0.0707 e. The van der Waals surface area contributed by atoms with Crippen LogP contribution in [0.4, 0.5) is 0 Å². The molecule has 0 spiro atoms. The lowest BCUT2D eigenvalue weighted by atomic mass is 9.87. The van der Waals surface area contributed by atoms with Crippen LogP contribution in [0.3, 0.4) is 0 Å². The molecule has 0 aromatic heterocycles. The first-order chi connectivity index (χ1) is 9.35. The van der Waals surface area contributed by atoms with Crippen molar-refractivity contribution in [3.63, 3.8) is 0 Å². The van der Waals surface area contributed by atoms with E-state index in [1.54, 1.807) is 0 Å². The van der Waals surface area contributed by atoms with E-state index >= 15 is 0 Å². The third-order valence-corrected chi connectivity index (χ3v) is 3.30. The zero-order valence-electron chi connectivity index (χ0n) is 13.2. The van der Waals surface area contributed by atoms with E-state index in [9.17, 15) is 0 Å². The first-order valence-corrected chi connectivity index (χ1v) is 7.22. The van der Waals surface area contributed by atoms with Gasteiger partial charge in [0.2, 0.25) is 0 Å². The molecule has 2 aromatic carbocycles. The summed E-state index contributed by atoms with van der Waals surface area (Å²) in [5, 5.41) is 0. The Kier molecular flexibility index (Phi) is 4.13. The van der Waals surface area contributed by atoms with E-state index < -0.39 is 0 Å². The molecule has 0 N–H and O–H groups in total. The van der Waals surface area contributed by atoms with E-state index in [1.165, 1.54) is 27.8 Å². The Morgan fingerprint density at radius 2 is 1.05 bits per heavy atom. The maximum absolute atomic E-state index is 2.36. The Hall–Kier alpha value is -1.82. The first-order valence-electron chi connectivity index (χ1n) is 7.22. The lowest BCUT2D eigenvalue weighted by Crippen LogP contribution is -2.02. The van der Waals surface area contributed by atoms with Gasteiger partial charge in [-0.05, 0) is 36.0 Å². The van der Waals surface area contributed by atoms with Crippen LogP contribution in [0.15, 0.2) is 54.6 Å². The Labute approximate surface area is 123 Å². The number of rotatable bonds is 2. The standard InChI is InChI=1S/C20H24/c1-15-6-10-17(11-7-15)19(14-20(3,4)5)18-12-8-16(2)9-13-18/h6-14H,1-5H3. The van der Waals surface area contributed by atoms with Crippen LogP contribution in [0.2, 0.25) is 0 Å². The summed E-state index contributed by atoms with van der Waals surface area (Å²) in [6, 6.07) is 17.6. The monoisotopic (exact) mass is 264 g/mol. The highest BCUT2D eigenvalue weighted by atomic mass is 14.2. The second-order valence-corrected chi connectivity index (χ2v) is 6.66. The van der Waals surface area contributed by atoms with Crippen LogP contribution < -0.4 is 0 Å². The first kappa shape index (κ1) is 14.6. The molecule has 0 saturated heterocycles. The van der Waals surface area contributed by atoms with Crippen molar-refractivity contribution in [1.29, 1.82) is 0 Å². The highest BCUT2D eigenvalue weighted by Gasteiger charge is 2.12. The summed E-state index contributed by atoms with van der Waals surface area (Å²) in [6.45, 7) is 11.0. The van der Waals surface area contributed by atoms with Crippen LogP contribution in [0.1, 0.15) is 43.0 Å². The summed E-state index contributed by atoms with van der Waals surface area (Å²) >= 11 is 0. The summed E-state index contributed by atoms with van der Waals surface area (Å²) in [5.74, 6) is 0. The summed E-state index contributed by atoms with van der Waals surface area (Å²) in [5.41, 5.74) is 6.65. The van der Waals surface area contributed by atoms with Gasteiger partial charge in [-0.15, -0.1) is 0 Å². The normalized spacial score (nSPS) is 11.2. The Morgan fingerprint density at radius 1 is 0.700 bits per heavy atom. The molecule has 104 valence electrons. The molecule has 0 heterocycles. The number of hydrogen-bond acceptors (Lipinski definition) is 0. The summed E-state index contributed by atoms with van der Waals surface area (Å²) in [7, 11) is 0. The molecule has 0 aliphatic heterocycles. The van der Waals surface area contributed by atoms with Gasteiger partial charge in [-0.2, -0.15) is 0 Å². The predicted molar refractivity (Wildman–Crippen MR) is 88.9 cm³/mol. The van der Waals surface area contributed by atoms with Crippen LogP contribution in [-0.2, 0) is 0 Å². The van der Waals surface area contributed by atoms with Crippen LogP contribution in [0, 0.1) is 19.3 Å². The van der Waals surface area contributed by atoms with Crippen LogP contribution >= 0.6 is 0 Å². The second kappa shape index (κ2) is 5.66. The topological polar surface area (TPSA) is 0 Å². The molecule has 2 aromatic rings. The molecule has 0 fully saturated rings. The average molecular weight is 264 g/mol. The van der Waals surface area contributed by atoms with Gasteiger partial charge in [0.15, 0.2) is 0 Å². The van der Waals surface area contributed by atoms with E-state index in [2.05, 4.69) is 89.2 Å². The van der Waals surface area contributed by atoms with Crippen molar-refractivity contribution in [2.24, 2.45) is 5.41 Å². The largest absolute Gasteiger partial charge is 0.0707 e. The number of hydrogen-bond donors (Lipinski definition) is 0. The van der Waals surface area contributed by atoms with Crippen molar-refractivity contribution in [1.82, 2.24) is 0 Å². The highest BCUT2D eigenvalue weighted by molar-refractivity contribution is 5.80. The maximum atomic E-state index is 2.36. The smallest absolute Gasteiger partial charge is 0.0146 e. The molecule has 0 nitrogen and oxygen atoms in total. The van der Waals surface area contributed by atoms with E-state index in [0.29, 0.717) is 0 Å². The van der Waals surface area contributed by atoms with Crippen LogP contribution in [-0.4, -0.2) is 0 Å². The third kappa shape index (κ3) is 3.84. The van der Waals surface area contributed by atoms with Crippen molar-refractivity contribution in [2.45, 2.75) is 34.6 Å². The molecular formula is C20H24. The lowest BCUT2D eigenvalue weighted by molar-refractivity contribution is 0.546. The van der Waals surface area contributed by atoms with E-state index in [0.717, 1.165) is 0 Å². The number of benzene rings is 2. The second-order valence-electron chi connectivity index (χ2n) is 6.66. The summed E-state index contributed by atoms with van der Waals surface area (Å²) in [6.07, 6.45) is 2.36. The van der Waals surface area contributed by atoms with Gasteiger partial charge >= 0.3 is 0 Å². The van der Waals surface area contributed by atoms with Gasteiger partial charge in [0.25, 0.3) is 0 Å². The molecule has 0 aliphatic rings. The molecular weight excluding hydrogens is 240 g/mol. The molecule has 0 bridgehead atoms. The third-order valence-electron chi connectivity index (χ3n) is 3.30. The molecule has 0 amide bonds. The molecule has 0 heteroatoms. The van der Waals surface area contributed by atoms with Gasteiger partial charge < -0.3 is 0 Å². The molecule has 0 aliphatic carbocycles. The summed E-state index contributed by atoms with van der Waals surface area (Å²) < 4.78 is 0. The van der Waals surface area contributed by atoms with Crippen molar-refractivity contribution < 1.29 is 0 Å². The van der Waals surface area contributed by atoms with Crippen molar-refractivity contribution in [2.75, 3.05) is 0 Å². The minimum absolute atomic E-state index is 0.158. The average Bonchev–Trinajstić information content (AvgIpc) is 2.37. The van der Waals surface area contributed by atoms with Gasteiger partial charge in [0.1, 0.15) is 0 Å². The fraction of sp³-hybridized carbons (Fsp3) is 0.300. The summed E-state index contributed by atoms with van der Waals surface area (Å²) in [4.78, 5) is 0. The number of allylic oxidation sites excluding steroid dienone is 1. The molecule has 0 radical (unpaired) electrons. The predicted octanol–water partition coefficient (Wildman–Crippen LogP) is 5.78. The Morgan fingerprint density at radius 3 is 1.35 bits per heavy atom. The SMILES string of the molecule is Cc1ccc(C(=CC(C)(C)C)c2ccc(C)cc2)cc1. The molecule has 20 heavy (non-hydrogen) atoms. The van der Waals surface area contributed by atoms with Gasteiger partial charge in [-0.25, -0.2) is 0 Å². The van der Waals surface area contributed by atoms with Crippen molar-refractivity contribution in [3.05, 3.63) is 76.9 Å². The van der Waals surface area contributed by atoms with Gasteiger partial charge in [0.05, 0.1) is 0 Å². The van der Waals surface area contributed by atoms with E-state index in [-0.39, 0.29) is 5.41 Å². The van der Waals surface area contributed by atoms with Crippen LogP contribution in [0.25, 0.3) is 5.57 Å². The Bertz CT molecular complexity index is 542. The maximum Gasteiger partial charge on any atom is -0.0146 e. The van der Waals surface area contributed by atoms with E-state index in [4.69, 9.17) is 0 Å². The van der Waals surface area contributed by atoms with Gasteiger partial charge in [-0.3, -0.25) is 0 Å². The zero-order valence-corrected chi connectivity index (χ0v) is 13.2. The van der Waals surface area contributed by atoms with Crippen molar-refractivity contribution in [3.8, 4) is 0 Å². The van der Waals surface area contributed by atoms with Crippen LogP contribution in [0.5, 0.6) is 0 Å². The van der Waals surface area contributed by atoms with Gasteiger partial charge in [0, 0.05) is 0 Å². The number of aryl methyl sites for hydroxylation is 2. The zero-order chi connectivity index (χ0) is 14.8.